The minimum Gasteiger partial charge on any atom is -0.507 e. The number of para-hydroxylation sites is 1. The predicted octanol–water partition coefficient (Wildman–Crippen LogP) is 3.00. The number of benzene rings is 2. The third kappa shape index (κ3) is 2.83. The molecular formula is C13H11ClO4S. The van der Waals surface area contributed by atoms with Gasteiger partial charge in [0.2, 0.25) is 0 Å². The molecule has 0 saturated carbocycles. The number of rotatable bonds is 3. The van der Waals surface area contributed by atoms with E-state index in [-0.39, 0.29) is 10.6 Å². The Morgan fingerprint density at radius 1 is 1.11 bits per heavy atom. The first-order chi connectivity index (χ1) is 8.93. The van der Waals surface area contributed by atoms with Crippen LogP contribution in [0.15, 0.2) is 47.4 Å². The van der Waals surface area contributed by atoms with E-state index in [1.54, 1.807) is 30.3 Å². The van der Waals surface area contributed by atoms with Gasteiger partial charge in [0, 0.05) is 27.9 Å². The summed E-state index contributed by atoms with van der Waals surface area (Å²) in [6, 6.07) is 11.0. The highest BCUT2D eigenvalue weighted by atomic mass is 35.7. The predicted molar refractivity (Wildman–Crippen MR) is 73.1 cm³/mol. The van der Waals surface area contributed by atoms with Crippen LogP contribution < -0.4 is 4.74 Å². The molecule has 0 spiro atoms. The molecule has 0 bridgehead atoms. The summed E-state index contributed by atoms with van der Waals surface area (Å²) in [5, 5.41) is 9.81. The van der Waals surface area contributed by atoms with Crippen LogP contribution in [0.25, 0.3) is 11.1 Å². The van der Waals surface area contributed by atoms with Crippen molar-refractivity contribution in [3.8, 4) is 22.6 Å². The zero-order valence-electron chi connectivity index (χ0n) is 10.00. The largest absolute Gasteiger partial charge is 0.507 e. The Morgan fingerprint density at radius 3 is 2.37 bits per heavy atom. The molecule has 0 aliphatic rings. The molecule has 2 rings (SSSR count). The van der Waals surface area contributed by atoms with Gasteiger partial charge in [-0.2, -0.15) is 0 Å². The molecule has 0 aliphatic carbocycles. The first-order valence-corrected chi connectivity index (χ1v) is 7.65. The van der Waals surface area contributed by atoms with Gasteiger partial charge < -0.3 is 9.84 Å². The molecule has 6 heteroatoms. The van der Waals surface area contributed by atoms with Crippen molar-refractivity contribution in [1.82, 2.24) is 0 Å². The van der Waals surface area contributed by atoms with Gasteiger partial charge in [0.05, 0.1) is 12.0 Å². The average Bonchev–Trinajstić information content (AvgIpc) is 2.37. The molecule has 0 atom stereocenters. The van der Waals surface area contributed by atoms with Crippen LogP contribution in [0.3, 0.4) is 0 Å². The molecule has 0 aromatic heterocycles. The first-order valence-electron chi connectivity index (χ1n) is 5.34. The van der Waals surface area contributed by atoms with E-state index in [1.807, 2.05) is 0 Å². The van der Waals surface area contributed by atoms with Crippen molar-refractivity contribution in [3.63, 3.8) is 0 Å². The zero-order chi connectivity index (χ0) is 14.0. The van der Waals surface area contributed by atoms with Crippen molar-refractivity contribution < 1.29 is 18.3 Å². The second kappa shape index (κ2) is 5.11. The summed E-state index contributed by atoms with van der Waals surface area (Å²) in [7, 11) is 2.89. The second-order valence-electron chi connectivity index (χ2n) is 3.82. The summed E-state index contributed by atoms with van der Waals surface area (Å²) in [4.78, 5) is -0.0508. The monoisotopic (exact) mass is 298 g/mol. The lowest BCUT2D eigenvalue weighted by molar-refractivity contribution is 0.414. The minimum absolute atomic E-state index is 0.0508. The Balaban J connectivity index is 2.64. The summed E-state index contributed by atoms with van der Waals surface area (Å²) in [6.07, 6.45) is 0. The van der Waals surface area contributed by atoms with Crippen molar-refractivity contribution in [1.29, 1.82) is 0 Å². The molecule has 0 radical (unpaired) electrons. The molecule has 0 unspecified atom stereocenters. The lowest BCUT2D eigenvalue weighted by Crippen LogP contribution is -1.94. The van der Waals surface area contributed by atoms with Gasteiger partial charge in [0.25, 0.3) is 9.05 Å². The van der Waals surface area contributed by atoms with E-state index in [9.17, 15) is 13.5 Å². The molecule has 4 nitrogen and oxygen atoms in total. The van der Waals surface area contributed by atoms with Crippen molar-refractivity contribution in [2.45, 2.75) is 4.90 Å². The van der Waals surface area contributed by atoms with Crippen molar-refractivity contribution in [2.24, 2.45) is 0 Å². The van der Waals surface area contributed by atoms with Crippen LogP contribution in [-0.4, -0.2) is 20.6 Å². The molecule has 2 aromatic carbocycles. The normalized spacial score (nSPS) is 11.3. The van der Waals surface area contributed by atoms with Gasteiger partial charge in [0.15, 0.2) is 0 Å². The Morgan fingerprint density at radius 2 is 1.79 bits per heavy atom. The van der Waals surface area contributed by atoms with Gasteiger partial charge in [-0.05, 0) is 18.2 Å². The second-order valence-corrected chi connectivity index (χ2v) is 6.38. The molecule has 0 aliphatic heterocycles. The third-order valence-corrected chi connectivity index (χ3v) is 4.00. The molecule has 0 fully saturated rings. The lowest BCUT2D eigenvalue weighted by atomic mass is 10.0. The van der Waals surface area contributed by atoms with E-state index in [0.29, 0.717) is 16.9 Å². The van der Waals surface area contributed by atoms with E-state index in [4.69, 9.17) is 15.4 Å². The lowest BCUT2D eigenvalue weighted by Gasteiger charge is -2.11. The number of phenolic OH excluding ortho intramolecular Hbond substituents is 1. The number of ether oxygens (including phenoxy) is 1. The molecule has 19 heavy (non-hydrogen) atoms. The standard InChI is InChI=1S/C13H11ClO4S/c1-18-13-8-9(19(14,16)17)6-7-11(13)10-4-2-3-5-12(10)15/h2-8,15H,1H3. The van der Waals surface area contributed by atoms with Crippen LogP contribution in [0.4, 0.5) is 0 Å². The van der Waals surface area contributed by atoms with Gasteiger partial charge in [-0.25, -0.2) is 8.42 Å². The summed E-state index contributed by atoms with van der Waals surface area (Å²) < 4.78 is 27.7. The highest BCUT2D eigenvalue weighted by Gasteiger charge is 2.15. The van der Waals surface area contributed by atoms with E-state index in [0.717, 1.165) is 0 Å². The van der Waals surface area contributed by atoms with Gasteiger partial charge >= 0.3 is 0 Å². The fourth-order valence-electron chi connectivity index (χ4n) is 1.75. The first kappa shape index (κ1) is 13.7. The Hall–Kier alpha value is -1.72. The van der Waals surface area contributed by atoms with Crippen LogP contribution >= 0.6 is 10.7 Å². The van der Waals surface area contributed by atoms with Crippen molar-refractivity contribution >= 4 is 19.7 Å². The topological polar surface area (TPSA) is 63.6 Å². The highest BCUT2D eigenvalue weighted by molar-refractivity contribution is 8.13. The quantitative estimate of drug-likeness (QED) is 0.885. The van der Waals surface area contributed by atoms with Crippen LogP contribution in [0.5, 0.6) is 11.5 Å². The summed E-state index contributed by atoms with van der Waals surface area (Å²) >= 11 is 0. The summed E-state index contributed by atoms with van der Waals surface area (Å²) in [5.74, 6) is 0.408. The van der Waals surface area contributed by atoms with Gasteiger partial charge in [0.1, 0.15) is 11.5 Å². The SMILES string of the molecule is COc1cc(S(=O)(=O)Cl)ccc1-c1ccccc1O. The number of phenols is 1. The van der Waals surface area contributed by atoms with E-state index in [2.05, 4.69) is 0 Å². The minimum atomic E-state index is -3.81. The van der Waals surface area contributed by atoms with Gasteiger partial charge in [-0.3, -0.25) is 0 Å². The van der Waals surface area contributed by atoms with Crippen LogP contribution in [0.1, 0.15) is 0 Å². The number of hydrogen-bond acceptors (Lipinski definition) is 4. The fourth-order valence-corrected chi connectivity index (χ4v) is 2.51. The van der Waals surface area contributed by atoms with E-state index >= 15 is 0 Å². The summed E-state index contributed by atoms with van der Waals surface area (Å²) in [6.45, 7) is 0. The molecule has 1 N–H and O–H groups in total. The van der Waals surface area contributed by atoms with Crippen LogP contribution in [-0.2, 0) is 9.05 Å². The highest BCUT2D eigenvalue weighted by Crippen LogP contribution is 2.37. The van der Waals surface area contributed by atoms with Gasteiger partial charge in [-0.1, -0.05) is 18.2 Å². The molecule has 0 amide bonds. The number of hydrogen-bond donors (Lipinski definition) is 1. The maximum Gasteiger partial charge on any atom is 0.261 e. The molecular weight excluding hydrogens is 288 g/mol. The number of aromatic hydroxyl groups is 1. The molecule has 2 aromatic rings. The van der Waals surface area contributed by atoms with Gasteiger partial charge in [-0.15, -0.1) is 0 Å². The summed E-state index contributed by atoms with van der Waals surface area (Å²) in [5.41, 5.74) is 1.14. The molecule has 0 heterocycles. The van der Waals surface area contributed by atoms with E-state index in [1.165, 1.54) is 19.2 Å². The molecule has 0 saturated heterocycles. The molecule has 100 valence electrons. The fraction of sp³-hybridized carbons (Fsp3) is 0.0769. The van der Waals surface area contributed by atoms with E-state index < -0.39 is 9.05 Å². The smallest absolute Gasteiger partial charge is 0.261 e. The van der Waals surface area contributed by atoms with Crippen molar-refractivity contribution in [2.75, 3.05) is 7.11 Å². The van der Waals surface area contributed by atoms with Crippen molar-refractivity contribution in [3.05, 3.63) is 42.5 Å². The Labute approximate surface area is 115 Å². The number of halogens is 1. The Bertz CT molecular complexity index is 710. The maximum absolute atomic E-state index is 11.3. The van der Waals surface area contributed by atoms with Crippen LogP contribution in [0, 0.1) is 0 Å². The third-order valence-electron chi connectivity index (χ3n) is 2.65. The Kier molecular flexibility index (Phi) is 3.68. The zero-order valence-corrected chi connectivity index (χ0v) is 11.6. The van der Waals surface area contributed by atoms with Crippen LogP contribution in [0.2, 0.25) is 0 Å². The number of methoxy groups -OCH3 is 1. The maximum atomic E-state index is 11.3. The average molecular weight is 299 g/mol.